The lowest BCUT2D eigenvalue weighted by Crippen LogP contribution is -2.38. The third-order valence-electron chi connectivity index (χ3n) is 5.35. The summed E-state index contributed by atoms with van der Waals surface area (Å²) in [4.78, 5) is 24.6. The molecule has 1 aliphatic carbocycles. The van der Waals surface area contributed by atoms with Crippen LogP contribution in [0.3, 0.4) is 0 Å². The van der Waals surface area contributed by atoms with Gasteiger partial charge in [-0.05, 0) is 43.4 Å². The Morgan fingerprint density at radius 3 is 2.73 bits per heavy atom. The molecule has 2 atom stereocenters. The number of hydrogen-bond acceptors (Lipinski definition) is 5. The van der Waals surface area contributed by atoms with E-state index in [1.807, 2.05) is 18.2 Å². The number of benzene rings is 2. The maximum atomic E-state index is 12.4. The highest BCUT2D eigenvalue weighted by Crippen LogP contribution is 2.35. The third-order valence-corrected chi connectivity index (χ3v) is 5.65. The molecule has 30 heavy (non-hydrogen) atoms. The van der Waals surface area contributed by atoms with E-state index in [0.717, 1.165) is 35.8 Å². The summed E-state index contributed by atoms with van der Waals surface area (Å²) < 4.78 is 11.2. The number of ether oxygens (including phenoxy) is 1. The smallest absolute Gasteiger partial charge is 0.339 e. The van der Waals surface area contributed by atoms with Gasteiger partial charge >= 0.3 is 5.63 Å². The fourth-order valence-corrected chi connectivity index (χ4v) is 3.96. The summed E-state index contributed by atoms with van der Waals surface area (Å²) >= 11 is 6.38. The molecule has 7 heteroatoms. The van der Waals surface area contributed by atoms with Crippen molar-refractivity contribution < 1.29 is 19.1 Å². The van der Waals surface area contributed by atoms with E-state index in [4.69, 9.17) is 20.8 Å². The van der Waals surface area contributed by atoms with Crippen LogP contribution in [0.1, 0.15) is 36.1 Å². The van der Waals surface area contributed by atoms with Crippen LogP contribution in [-0.4, -0.2) is 23.7 Å². The molecule has 1 amide bonds. The van der Waals surface area contributed by atoms with Gasteiger partial charge in [0.15, 0.2) is 6.10 Å². The molecule has 0 bridgehead atoms. The number of halogens is 1. The first-order chi connectivity index (χ1) is 14.4. The lowest BCUT2D eigenvalue weighted by molar-refractivity contribution is -0.127. The molecule has 1 aliphatic rings. The molecule has 4 rings (SSSR count). The van der Waals surface area contributed by atoms with Gasteiger partial charge in [-0.25, -0.2) is 4.79 Å². The number of nitrogens with one attached hydrogen (secondary N) is 1. The van der Waals surface area contributed by atoms with Crippen molar-refractivity contribution in [2.75, 3.05) is 6.54 Å². The van der Waals surface area contributed by atoms with E-state index in [9.17, 15) is 14.7 Å². The zero-order valence-corrected chi connectivity index (χ0v) is 17.2. The molecule has 0 fully saturated rings. The molecule has 0 aliphatic heterocycles. The Bertz CT molecular complexity index is 1140. The minimum absolute atomic E-state index is 0.0585. The molecule has 2 N–H and O–H groups in total. The van der Waals surface area contributed by atoms with E-state index in [0.29, 0.717) is 16.2 Å². The number of carbonyl (C=O) groups is 1. The zero-order valence-electron chi connectivity index (χ0n) is 16.5. The van der Waals surface area contributed by atoms with Crippen molar-refractivity contribution in [1.29, 1.82) is 0 Å². The number of aryl methyl sites for hydroxylation is 1. The molecule has 156 valence electrons. The highest BCUT2D eigenvalue weighted by Gasteiger charge is 2.22. The van der Waals surface area contributed by atoms with Crippen LogP contribution in [0, 0.1) is 0 Å². The van der Waals surface area contributed by atoms with Gasteiger partial charge in [0.25, 0.3) is 5.91 Å². The zero-order chi connectivity index (χ0) is 21.3. The lowest BCUT2D eigenvalue weighted by Gasteiger charge is -2.18. The quantitative estimate of drug-likeness (QED) is 0.587. The van der Waals surface area contributed by atoms with Gasteiger partial charge in [0.2, 0.25) is 0 Å². The molecule has 1 aromatic heterocycles. The largest absolute Gasteiger partial charge is 0.479 e. The molecule has 0 saturated carbocycles. The van der Waals surface area contributed by atoms with Crippen molar-refractivity contribution in [3.63, 3.8) is 0 Å². The van der Waals surface area contributed by atoms with Gasteiger partial charge < -0.3 is 19.6 Å². The summed E-state index contributed by atoms with van der Waals surface area (Å²) in [5, 5.41) is 14.0. The topological polar surface area (TPSA) is 88.8 Å². The highest BCUT2D eigenvalue weighted by molar-refractivity contribution is 6.32. The van der Waals surface area contributed by atoms with Gasteiger partial charge in [-0.3, -0.25) is 4.79 Å². The number of rotatable bonds is 6. The van der Waals surface area contributed by atoms with Crippen LogP contribution in [0.5, 0.6) is 5.75 Å². The van der Waals surface area contributed by atoms with Gasteiger partial charge in [0, 0.05) is 23.6 Å². The van der Waals surface area contributed by atoms with Gasteiger partial charge in [0.1, 0.15) is 11.3 Å². The summed E-state index contributed by atoms with van der Waals surface area (Å²) in [6.07, 6.45) is 0.778. The van der Waals surface area contributed by atoms with Gasteiger partial charge in [0.05, 0.1) is 11.1 Å². The van der Waals surface area contributed by atoms with Crippen molar-refractivity contribution in [1.82, 2.24) is 5.32 Å². The van der Waals surface area contributed by atoms with Crippen LogP contribution >= 0.6 is 11.6 Å². The predicted octanol–water partition coefficient (Wildman–Crippen LogP) is 3.55. The number of aliphatic hydroxyl groups is 1. The molecule has 1 heterocycles. The molecule has 2 unspecified atom stereocenters. The van der Waals surface area contributed by atoms with Crippen molar-refractivity contribution in [2.45, 2.75) is 38.4 Å². The van der Waals surface area contributed by atoms with Crippen molar-refractivity contribution in [3.05, 3.63) is 74.6 Å². The van der Waals surface area contributed by atoms with Gasteiger partial charge in [-0.15, -0.1) is 0 Å². The second-order valence-electron chi connectivity index (χ2n) is 7.41. The Morgan fingerprint density at radius 2 is 1.97 bits per heavy atom. The van der Waals surface area contributed by atoms with E-state index in [1.54, 1.807) is 31.2 Å². The summed E-state index contributed by atoms with van der Waals surface area (Å²) in [6.45, 7) is 1.65. The van der Waals surface area contributed by atoms with Crippen molar-refractivity contribution in [3.8, 4) is 5.75 Å². The van der Waals surface area contributed by atoms with Crippen LogP contribution in [0.4, 0.5) is 0 Å². The van der Waals surface area contributed by atoms with Crippen molar-refractivity contribution in [2.24, 2.45) is 0 Å². The van der Waals surface area contributed by atoms with Gasteiger partial charge in [-0.2, -0.15) is 0 Å². The Hall–Kier alpha value is -2.83. The molecule has 0 radical (unpaired) electrons. The van der Waals surface area contributed by atoms with E-state index in [1.165, 1.54) is 0 Å². The summed E-state index contributed by atoms with van der Waals surface area (Å²) in [5.41, 5.74) is 2.48. The van der Waals surface area contributed by atoms with E-state index in [-0.39, 0.29) is 17.9 Å². The van der Waals surface area contributed by atoms with Crippen LogP contribution in [-0.2, 0) is 17.6 Å². The second kappa shape index (κ2) is 8.50. The third kappa shape index (κ3) is 4.06. The fourth-order valence-electron chi connectivity index (χ4n) is 3.75. The predicted molar refractivity (Wildman–Crippen MR) is 114 cm³/mol. The minimum atomic E-state index is -0.857. The van der Waals surface area contributed by atoms with E-state index < -0.39 is 18.1 Å². The minimum Gasteiger partial charge on any atom is -0.479 e. The lowest BCUT2D eigenvalue weighted by atomic mass is 10.1. The monoisotopic (exact) mass is 427 g/mol. The van der Waals surface area contributed by atoms with Crippen LogP contribution < -0.4 is 15.7 Å². The summed E-state index contributed by atoms with van der Waals surface area (Å²) in [6, 6.07) is 12.4. The first-order valence-corrected chi connectivity index (χ1v) is 10.3. The maximum Gasteiger partial charge on any atom is 0.339 e. The van der Waals surface area contributed by atoms with Gasteiger partial charge in [-0.1, -0.05) is 41.9 Å². The Labute approximate surface area is 178 Å². The van der Waals surface area contributed by atoms with Crippen LogP contribution in [0.15, 0.2) is 51.7 Å². The second-order valence-corrected chi connectivity index (χ2v) is 7.82. The first kappa shape index (κ1) is 20.4. The number of carbonyl (C=O) groups excluding carboxylic acids is 1. The molecule has 0 spiro atoms. The fraction of sp³-hybridized carbons (Fsp3) is 0.304. The molecule has 6 nitrogen and oxygen atoms in total. The number of hydrogen-bond donors (Lipinski definition) is 2. The normalized spacial score (nSPS) is 14.9. The Balaban J connectivity index is 1.47. The standard InChI is InChI=1S/C23H22ClNO5/c1-13(22(27)25-12-19(26)14-6-3-2-4-7-14)29-21-11-20-17(10-18(21)24)15-8-5-9-16(15)23(28)30-20/h2-4,6-7,10-11,13,19,26H,5,8-9,12H2,1H3,(H,25,27). The molecular weight excluding hydrogens is 406 g/mol. The Kier molecular flexibility index (Phi) is 5.79. The molecular formula is C23H22ClNO5. The number of aliphatic hydroxyl groups excluding tert-OH is 1. The first-order valence-electron chi connectivity index (χ1n) is 9.89. The summed E-state index contributed by atoms with van der Waals surface area (Å²) in [5.74, 6) is -0.131. The average molecular weight is 428 g/mol. The molecule has 3 aromatic rings. The van der Waals surface area contributed by atoms with Crippen molar-refractivity contribution >= 4 is 28.5 Å². The Morgan fingerprint density at radius 1 is 1.23 bits per heavy atom. The van der Waals surface area contributed by atoms with E-state index in [2.05, 4.69) is 5.32 Å². The highest BCUT2D eigenvalue weighted by atomic mass is 35.5. The maximum absolute atomic E-state index is 12.4. The average Bonchev–Trinajstić information content (AvgIpc) is 3.24. The molecule has 0 saturated heterocycles. The van der Waals surface area contributed by atoms with Crippen LogP contribution in [0.25, 0.3) is 11.0 Å². The van der Waals surface area contributed by atoms with E-state index >= 15 is 0 Å². The number of amides is 1. The summed E-state index contributed by atoms with van der Waals surface area (Å²) in [7, 11) is 0. The number of fused-ring (bicyclic) bond motifs is 3. The SMILES string of the molecule is CC(Oc1cc2oc(=O)c3c(c2cc1Cl)CCC3)C(=O)NCC(O)c1ccccc1. The van der Waals surface area contributed by atoms with Crippen LogP contribution in [0.2, 0.25) is 5.02 Å². The molecule has 2 aromatic carbocycles.